The average Bonchev–Trinajstić information content (AvgIpc) is 2.28. The van der Waals surface area contributed by atoms with Gasteiger partial charge in [-0.3, -0.25) is 4.79 Å². The average molecular weight is 294 g/mol. The first-order valence-electron chi connectivity index (χ1n) is 5.18. The Morgan fingerprint density at radius 1 is 1.47 bits per heavy atom. The number of carbonyl (C=O) groups is 1. The third kappa shape index (κ3) is 2.13. The van der Waals surface area contributed by atoms with Crippen LogP contribution in [0.4, 0.5) is 0 Å². The molecule has 17 heavy (non-hydrogen) atoms. The molecule has 1 unspecified atom stereocenters. The van der Waals surface area contributed by atoms with Crippen molar-refractivity contribution in [3.8, 4) is 5.75 Å². The van der Waals surface area contributed by atoms with Gasteiger partial charge in [0.05, 0.1) is 5.56 Å². The standard InChI is InChI=1S/C13H12BrNO2/c1-9-4-3-7-13(14,15-9)11-5-2-6-12(17)10(11)8-16/h2-8,15,17H,1H3. The highest BCUT2D eigenvalue weighted by atomic mass is 79.9. The normalized spacial score (nSPS) is 22.8. The van der Waals surface area contributed by atoms with E-state index in [0.717, 1.165) is 5.70 Å². The summed E-state index contributed by atoms with van der Waals surface area (Å²) in [5.41, 5.74) is 1.96. The van der Waals surface area contributed by atoms with Gasteiger partial charge in [0.15, 0.2) is 6.29 Å². The summed E-state index contributed by atoms with van der Waals surface area (Å²) in [5, 5.41) is 12.9. The van der Waals surface area contributed by atoms with Crippen molar-refractivity contribution in [2.24, 2.45) is 0 Å². The fraction of sp³-hybridized carbons (Fsp3) is 0.154. The highest BCUT2D eigenvalue weighted by molar-refractivity contribution is 9.09. The van der Waals surface area contributed by atoms with Gasteiger partial charge in [0.25, 0.3) is 0 Å². The third-order valence-corrected chi connectivity index (χ3v) is 3.53. The Balaban J connectivity index is 2.54. The molecule has 0 spiro atoms. The number of nitrogens with one attached hydrogen (secondary N) is 1. The first-order valence-corrected chi connectivity index (χ1v) is 5.97. The lowest BCUT2D eigenvalue weighted by Gasteiger charge is -2.31. The largest absolute Gasteiger partial charge is 0.507 e. The smallest absolute Gasteiger partial charge is 0.154 e. The van der Waals surface area contributed by atoms with Gasteiger partial charge in [-0.15, -0.1) is 0 Å². The fourth-order valence-electron chi connectivity index (χ4n) is 1.85. The lowest BCUT2D eigenvalue weighted by Crippen LogP contribution is -2.35. The van der Waals surface area contributed by atoms with E-state index in [0.29, 0.717) is 11.8 Å². The van der Waals surface area contributed by atoms with Gasteiger partial charge in [-0.25, -0.2) is 0 Å². The zero-order chi connectivity index (χ0) is 12.5. The van der Waals surface area contributed by atoms with E-state index in [1.807, 2.05) is 25.2 Å². The number of phenolic OH excluding ortho intramolecular Hbond substituents is 1. The maximum absolute atomic E-state index is 11.1. The summed E-state index contributed by atoms with van der Waals surface area (Å²) in [5.74, 6) is -0.0151. The van der Waals surface area contributed by atoms with Gasteiger partial charge in [0, 0.05) is 11.3 Å². The Hall–Kier alpha value is -1.55. The highest BCUT2D eigenvalue weighted by Gasteiger charge is 2.30. The molecule has 1 aromatic rings. The van der Waals surface area contributed by atoms with Crippen molar-refractivity contribution in [1.82, 2.24) is 5.32 Å². The number of alkyl halides is 1. The first-order chi connectivity index (χ1) is 8.07. The fourth-order valence-corrected chi connectivity index (χ4v) is 2.66. The minimum Gasteiger partial charge on any atom is -0.507 e. The molecule has 1 aliphatic rings. The summed E-state index contributed by atoms with van der Waals surface area (Å²) in [6, 6.07) is 5.01. The van der Waals surface area contributed by atoms with E-state index in [9.17, 15) is 9.90 Å². The molecule has 1 atom stereocenters. The summed E-state index contributed by atoms with van der Waals surface area (Å²) in [7, 11) is 0. The number of aldehydes is 1. The van der Waals surface area contributed by atoms with Crippen molar-refractivity contribution >= 4 is 22.2 Å². The number of halogens is 1. The van der Waals surface area contributed by atoms with Gasteiger partial charge in [0.2, 0.25) is 0 Å². The molecule has 0 bridgehead atoms. The maximum atomic E-state index is 11.1. The quantitative estimate of drug-likeness (QED) is 0.501. The van der Waals surface area contributed by atoms with E-state index in [1.54, 1.807) is 12.1 Å². The van der Waals surface area contributed by atoms with Crippen molar-refractivity contribution in [2.45, 2.75) is 11.4 Å². The molecule has 0 aliphatic carbocycles. The van der Waals surface area contributed by atoms with Gasteiger partial charge in [-0.1, -0.05) is 34.1 Å². The number of dihydropyridines is 1. The number of benzene rings is 1. The van der Waals surface area contributed by atoms with Gasteiger partial charge in [-0.2, -0.15) is 0 Å². The van der Waals surface area contributed by atoms with Crippen LogP contribution in [0.2, 0.25) is 0 Å². The number of allylic oxidation sites excluding steroid dienone is 3. The minimum absolute atomic E-state index is 0.0151. The molecule has 1 aromatic carbocycles. The van der Waals surface area contributed by atoms with Crippen molar-refractivity contribution in [1.29, 1.82) is 0 Å². The first kappa shape index (κ1) is 11.9. The Bertz CT molecular complexity index is 522. The summed E-state index contributed by atoms with van der Waals surface area (Å²) >= 11 is 3.56. The molecule has 2 N–H and O–H groups in total. The van der Waals surface area contributed by atoms with Crippen molar-refractivity contribution in [3.63, 3.8) is 0 Å². The minimum atomic E-state index is -0.652. The molecule has 0 saturated heterocycles. The molecule has 4 heteroatoms. The predicted molar refractivity (Wildman–Crippen MR) is 70.1 cm³/mol. The molecule has 1 heterocycles. The van der Waals surface area contributed by atoms with E-state index in [1.165, 1.54) is 6.07 Å². The molecule has 0 saturated carbocycles. The second-order valence-electron chi connectivity index (χ2n) is 3.90. The SMILES string of the molecule is CC1=CC=CC(Br)(c2cccc(O)c2C=O)N1. The molecule has 2 rings (SSSR count). The number of aromatic hydroxyl groups is 1. The van der Waals surface area contributed by atoms with Crippen LogP contribution >= 0.6 is 15.9 Å². The number of hydrogen-bond donors (Lipinski definition) is 2. The zero-order valence-electron chi connectivity index (χ0n) is 9.27. The Kier molecular flexibility index (Phi) is 3.07. The van der Waals surface area contributed by atoms with Crippen LogP contribution < -0.4 is 5.32 Å². The lowest BCUT2D eigenvalue weighted by molar-refractivity contribution is 0.111. The Morgan fingerprint density at radius 2 is 2.24 bits per heavy atom. The second-order valence-corrected chi connectivity index (χ2v) is 5.15. The van der Waals surface area contributed by atoms with E-state index < -0.39 is 4.45 Å². The number of carbonyl (C=O) groups excluding carboxylic acids is 1. The van der Waals surface area contributed by atoms with Crippen LogP contribution in [0.3, 0.4) is 0 Å². The summed E-state index contributed by atoms with van der Waals surface area (Å²) in [6.07, 6.45) is 6.39. The number of phenols is 1. The molecule has 0 radical (unpaired) electrons. The molecule has 1 aliphatic heterocycles. The number of hydrogen-bond acceptors (Lipinski definition) is 3. The van der Waals surface area contributed by atoms with Crippen molar-refractivity contribution in [2.75, 3.05) is 0 Å². The Morgan fingerprint density at radius 3 is 2.88 bits per heavy atom. The van der Waals surface area contributed by atoms with E-state index >= 15 is 0 Å². The predicted octanol–water partition coefficient (Wildman–Crippen LogP) is 2.82. The van der Waals surface area contributed by atoms with Crippen LogP contribution in [-0.4, -0.2) is 11.4 Å². The van der Waals surface area contributed by atoms with Gasteiger partial charge in [0.1, 0.15) is 10.2 Å². The maximum Gasteiger partial charge on any atom is 0.154 e. The molecule has 3 nitrogen and oxygen atoms in total. The van der Waals surface area contributed by atoms with Crippen molar-refractivity contribution < 1.29 is 9.90 Å². The van der Waals surface area contributed by atoms with Gasteiger partial charge < -0.3 is 10.4 Å². The molecule has 0 fully saturated rings. The molecular formula is C13H12BrNO2. The summed E-state index contributed by atoms with van der Waals surface area (Å²) < 4.78 is -0.652. The van der Waals surface area contributed by atoms with E-state index in [4.69, 9.17) is 0 Å². The van der Waals surface area contributed by atoms with E-state index in [-0.39, 0.29) is 11.3 Å². The second kappa shape index (κ2) is 4.37. The number of rotatable bonds is 2. The van der Waals surface area contributed by atoms with Crippen LogP contribution in [-0.2, 0) is 4.45 Å². The molecule has 88 valence electrons. The van der Waals surface area contributed by atoms with E-state index in [2.05, 4.69) is 21.2 Å². The Labute approximate surface area is 108 Å². The monoisotopic (exact) mass is 293 g/mol. The third-order valence-electron chi connectivity index (χ3n) is 2.64. The van der Waals surface area contributed by atoms with Gasteiger partial charge in [-0.05, 0) is 25.1 Å². The van der Waals surface area contributed by atoms with Gasteiger partial charge >= 0.3 is 0 Å². The van der Waals surface area contributed by atoms with Crippen LogP contribution in [0.5, 0.6) is 5.75 Å². The van der Waals surface area contributed by atoms with Crippen LogP contribution in [0, 0.1) is 0 Å². The topological polar surface area (TPSA) is 49.3 Å². The molecule has 0 aromatic heterocycles. The lowest BCUT2D eigenvalue weighted by atomic mass is 9.98. The van der Waals surface area contributed by atoms with Crippen LogP contribution in [0.15, 0.2) is 42.1 Å². The van der Waals surface area contributed by atoms with Crippen LogP contribution in [0.25, 0.3) is 0 Å². The van der Waals surface area contributed by atoms with Crippen LogP contribution in [0.1, 0.15) is 22.8 Å². The highest BCUT2D eigenvalue weighted by Crippen LogP contribution is 2.37. The van der Waals surface area contributed by atoms with Crippen molar-refractivity contribution in [3.05, 3.63) is 53.3 Å². The zero-order valence-corrected chi connectivity index (χ0v) is 10.9. The molecule has 0 amide bonds. The summed E-state index contributed by atoms with van der Waals surface area (Å²) in [6.45, 7) is 1.93. The summed E-state index contributed by atoms with van der Waals surface area (Å²) in [4.78, 5) is 11.1. The molecular weight excluding hydrogens is 282 g/mol.